The molecular weight excluding hydrogens is 300 g/mol. The van der Waals surface area contributed by atoms with E-state index in [1.54, 1.807) is 6.07 Å². The van der Waals surface area contributed by atoms with Crippen LogP contribution in [0.3, 0.4) is 0 Å². The first-order valence-electron chi connectivity index (χ1n) is 7.59. The minimum absolute atomic E-state index is 0.0495. The molecule has 0 unspecified atom stereocenters. The lowest BCUT2D eigenvalue weighted by molar-refractivity contribution is 0.135. The molecule has 0 aliphatic carbocycles. The van der Waals surface area contributed by atoms with Crippen molar-refractivity contribution in [2.24, 2.45) is 0 Å². The molecule has 0 aromatic carbocycles. The van der Waals surface area contributed by atoms with Crippen molar-refractivity contribution in [3.63, 3.8) is 0 Å². The van der Waals surface area contributed by atoms with Crippen LogP contribution in [0.25, 0.3) is 11.2 Å². The third-order valence-electron chi connectivity index (χ3n) is 4.17. The van der Waals surface area contributed by atoms with Crippen molar-refractivity contribution >= 4 is 28.7 Å². The van der Waals surface area contributed by atoms with E-state index in [-0.39, 0.29) is 11.1 Å². The van der Waals surface area contributed by atoms with Gasteiger partial charge in [0.05, 0.1) is 0 Å². The van der Waals surface area contributed by atoms with E-state index in [0.717, 1.165) is 30.0 Å². The standard InChI is InChI=1S/C15H23ClN6/c1-14(2)7-9(8-15(3,4)21-14)22-12-10(18-13(22)17-5)6-11(16)19-20-12/h6,9,21H,7-8H2,1-5H3,(H,17,18). The molecule has 3 heterocycles. The van der Waals surface area contributed by atoms with Gasteiger partial charge in [-0.05, 0) is 40.5 Å². The van der Waals surface area contributed by atoms with E-state index in [1.807, 2.05) is 7.05 Å². The van der Waals surface area contributed by atoms with Crippen molar-refractivity contribution in [3.05, 3.63) is 11.2 Å². The van der Waals surface area contributed by atoms with Crippen LogP contribution >= 0.6 is 11.6 Å². The molecule has 0 saturated carbocycles. The predicted octanol–water partition coefficient (Wildman–Crippen LogP) is 3.00. The lowest BCUT2D eigenvalue weighted by Crippen LogP contribution is -2.58. The Hall–Kier alpha value is -1.40. The minimum Gasteiger partial charge on any atom is -0.359 e. The van der Waals surface area contributed by atoms with Crippen molar-refractivity contribution < 1.29 is 0 Å². The Morgan fingerprint density at radius 3 is 2.45 bits per heavy atom. The molecule has 1 aliphatic rings. The second-order valence-electron chi connectivity index (χ2n) is 7.39. The van der Waals surface area contributed by atoms with Crippen molar-refractivity contribution in [1.82, 2.24) is 25.1 Å². The monoisotopic (exact) mass is 322 g/mol. The Balaban J connectivity index is 2.12. The Labute approximate surface area is 135 Å². The first kappa shape index (κ1) is 15.5. The predicted molar refractivity (Wildman–Crippen MR) is 89.4 cm³/mol. The van der Waals surface area contributed by atoms with Gasteiger partial charge >= 0.3 is 0 Å². The fraction of sp³-hybridized carbons (Fsp3) is 0.667. The number of halogens is 1. The number of anilines is 1. The second-order valence-corrected chi connectivity index (χ2v) is 7.77. The second kappa shape index (κ2) is 5.06. The average Bonchev–Trinajstić information content (AvgIpc) is 2.72. The fourth-order valence-electron chi connectivity index (χ4n) is 3.85. The zero-order chi connectivity index (χ0) is 16.1. The maximum absolute atomic E-state index is 5.95. The van der Waals surface area contributed by atoms with E-state index < -0.39 is 0 Å². The molecule has 2 aromatic heterocycles. The maximum atomic E-state index is 5.95. The van der Waals surface area contributed by atoms with E-state index in [0.29, 0.717) is 11.2 Å². The van der Waals surface area contributed by atoms with E-state index in [1.165, 1.54) is 0 Å². The average molecular weight is 323 g/mol. The van der Waals surface area contributed by atoms with E-state index in [2.05, 4.69) is 58.1 Å². The number of imidazole rings is 1. The lowest BCUT2D eigenvalue weighted by Gasteiger charge is -2.47. The van der Waals surface area contributed by atoms with Gasteiger partial charge < -0.3 is 10.6 Å². The normalized spacial score (nSPS) is 21.2. The highest BCUT2D eigenvalue weighted by Gasteiger charge is 2.39. The number of nitrogens with one attached hydrogen (secondary N) is 2. The van der Waals surface area contributed by atoms with Gasteiger partial charge in [0.1, 0.15) is 5.52 Å². The molecule has 0 bridgehead atoms. The molecule has 22 heavy (non-hydrogen) atoms. The van der Waals surface area contributed by atoms with Gasteiger partial charge in [0.15, 0.2) is 10.8 Å². The highest BCUT2D eigenvalue weighted by Crippen LogP contribution is 2.39. The van der Waals surface area contributed by atoms with Gasteiger partial charge in [-0.25, -0.2) is 4.98 Å². The van der Waals surface area contributed by atoms with Crippen molar-refractivity contribution in [3.8, 4) is 0 Å². The van der Waals surface area contributed by atoms with Gasteiger partial charge in [0.2, 0.25) is 5.95 Å². The number of rotatable bonds is 2. The molecule has 0 atom stereocenters. The van der Waals surface area contributed by atoms with E-state index >= 15 is 0 Å². The van der Waals surface area contributed by atoms with Crippen LogP contribution in [0, 0.1) is 0 Å². The molecular formula is C15H23ClN6. The van der Waals surface area contributed by atoms with E-state index in [9.17, 15) is 0 Å². The molecule has 0 amide bonds. The fourth-order valence-corrected chi connectivity index (χ4v) is 3.99. The number of hydrogen-bond donors (Lipinski definition) is 2. The maximum Gasteiger partial charge on any atom is 0.205 e. The Morgan fingerprint density at radius 1 is 1.23 bits per heavy atom. The first-order chi connectivity index (χ1) is 10.2. The number of nitrogens with zero attached hydrogens (tertiary/aromatic N) is 4. The number of hydrogen-bond acceptors (Lipinski definition) is 5. The summed E-state index contributed by atoms with van der Waals surface area (Å²) in [6.45, 7) is 8.95. The largest absolute Gasteiger partial charge is 0.359 e. The molecule has 0 spiro atoms. The van der Waals surface area contributed by atoms with Gasteiger partial charge in [-0.2, -0.15) is 0 Å². The third-order valence-corrected chi connectivity index (χ3v) is 4.35. The Morgan fingerprint density at radius 2 is 1.86 bits per heavy atom. The summed E-state index contributed by atoms with van der Waals surface area (Å²) in [6, 6.07) is 2.06. The van der Waals surface area contributed by atoms with Crippen LogP contribution in [0.2, 0.25) is 5.15 Å². The summed E-state index contributed by atoms with van der Waals surface area (Å²) < 4.78 is 2.17. The van der Waals surface area contributed by atoms with Gasteiger partial charge in [-0.3, -0.25) is 4.57 Å². The summed E-state index contributed by atoms with van der Waals surface area (Å²) in [5.41, 5.74) is 1.66. The molecule has 1 fully saturated rings. The van der Waals surface area contributed by atoms with Gasteiger partial charge in [-0.15, -0.1) is 10.2 Å². The summed E-state index contributed by atoms with van der Waals surface area (Å²) in [4.78, 5) is 4.61. The summed E-state index contributed by atoms with van der Waals surface area (Å²) >= 11 is 5.95. The molecule has 0 radical (unpaired) electrons. The number of aromatic nitrogens is 4. The van der Waals surface area contributed by atoms with Gasteiger partial charge in [0, 0.05) is 30.2 Å². The zero-order valence-corrected chi connectivity index (χ0v) is 14.5. The Kier molecular flexibility index (Phi) is 3.57. The molecule has 120 valence electrons. The van der Waals surface area contributed by atoms with Crippen LogP contribution in [0.5, 0.6) is 0 Å². The summed E-state index contributed by atoms with van der Waals surface area (Å²) in [6.07, 6.45) is 2.00. The SMILES string of the molecule is CNc1nc2cc(Cl)nnc2n1C1CC(C)(C)NC(C)(C)C1. The quantitative estimate of drug-likeness (QED) is 0.889. The van der Waals surface area contributed by atoms with Crippen molar-refractivity contribution in [2.75, 3.05) is 12.4 Å². The number of fused-ring (bicyclic) bond motifs is 1. The third kappa shape index (κ3) is 2.77. The summed E-state index contributed by atoms with van der Waals surface area (Å²) in [7, 11) is 1.88. The minimum atomic E-state index is 0.0495. The van der Waals surface area contributed by atoms with Crippen LogP contribution < -0.4 is 10.6 Å². The van der Waals surface area contributed by atoms with Gasteiger partial charge in [0.25, 0.3) is 0 Å². The van der Waals surface area contributed by atoms with Crippen molar-refractivity contribution in [2.45, 2.75) is 57.7 Å². The zero-order valence-electron chi connectivity index (χ0n) is 13.7. The molecule has 2 aromatic rings. The Bertz CT molecular complexity index is 689. The van der Waals surface area contributed by atoms with Crippen LogP contribution in [-0.4, -0.2) is 37.9 Å². The van der Waals surface area contributed by atoms with Crippen LogP contribution in [0.4, 0.5) is 5.95 Å². The highest BCUT2D eigenvalue weighted by molar-refractivity contribution is 6.29. The highest BCUT2D eigenvalue weighted by atomic mass is 35.5. The first-order valence-corrected chi connectivity index (χ1v) is 7.97. The van der Waals surface area contributed by atoms with Crippen LogP contribution in [0.1, 0.15) is 46.6 Å². The molecule has 1 aliphatic heterocycles. The molecule has 1 saturated heterocycles. The smallest absolute Gasteiger partial charge is 0.205 e. The van der Waals surface area contributed by atoms with Crippen LogP contribution in [-0.2, 0) is 0 Å². The topological polar surface area (TPSA) is 67.7 Å². The summed E-state index contributed by atoms with van der Waals surface area (Å²) in [5, 5.41) is 15.5. The van der Waals surface area contributed by atoms with Gasteiger partial charge in [-0.1, -0.05) is 11.6 Å². The lowest BCUT2D eigenvalue weighted by atomic mass is 9.79. The van der Waals surface area contributed by atoms with Crippen molar-refractivity contribution in [1.29, 1.82) is 0 Å². The number of piperidine rings is 1. The molecule has 3 rings (SSSR count). The molecule has 6 nitrogen and oxygen atoms in total. The van der Waals surface area contributed by atoms with E-state index in [4.69, 9.17) is 11.6 Å². The molecule has 7 heteroatoms. The summed E-state index contributed by atoms with van der Waals surface area (Å²) in [5.74, 6) is 0.810. The molecule has 2 N–H and O–H groups in total. The van der Waals surface area contributed by atoms with Crippen LogP contribution in [0.15, 0.2) is 6.07 Å².